The standard InChI is InChI=1S/C9H17NO3/c1-2-6-3-7(4-6)13-9(12)8(10)5-11/h6-8,11H,2-5,10H2,1H3. The van der Waals surface area contributed by atoms with Crippen molar-refractivity contribution in [1.29, 1.82) is 0 Å². The molecule has 1 fully saturated rings. The van der Waals surface area contributed by atoms with Crippen LogP contribution in [0.15, 0.2) is 0 Å². The summed E-state index contributed by atoms with van der Waals surface area (Å²) >= 11 is 0. The first kappa shape index (κ1) is 10.5. The number of aliphatic hydroxyl groups excluding tert-OH is 1. The minimum absolute atomic E-state index is 0.0371. The molecule has 0 spiro atoms. The highest BCUT2D eigenvalue weighted by Gasteiger charge is 2.31. The molecule has 0 radical (unpaired) electrons. The van der Waals surface area contributed by atoms with E-state index in [1.807, 2.05) is 0 Å². The molecule has 3 N–H and O–H groups in total. The summed E-state index contributed by atoms with van der Waals surface area (Å²) in [4.78, 5) is 11.1. The van der Waals surface area contributed by atoms with Crippen molar-refractivity contribution in [1.82, 2.24) is 0 Å². The summed E-state index contributed by atoms with van der Waals surface area (Å²) in [6.45, 7) is 1.78. The van der Waals surface area contributed by atoms with Crippen molar-refractivity contribution in [2.75, 3.05) is 6.61 Å². The first-order chi connectivity index (χ1) is 6.17. The zero-order valence-corrected chi connectivity index (χ0v) is 7.90. The number of nitrogens with two attached hydrogens (primary N) is 1. The van der Waals surface area contributed by atoms with Crippen molar-refractivity contribution in [2.24, 2.45) is 11.7 Å². The summed E-state index contributed by atoms with van der Waals surface area (Å²) in [6, 6.07) is -0.874. The van der Waals surface area contributed by atoms with Crippen LogP contribution in [0.4, 0.5) is 0 Å². The predicted molar refractivity (Wildman–Crippen MR) is 48.0 cm³/mol. The van der Waals surface area contributed by atoms with Gasteiger partial charge in [0.15, 0.2) is 0 Å². The number of hydrogen-bond acceptors (Lipinski definition) is 4. The second-order valence-electron chi connectivity index (χ2n) is 3.59. The molecule has 1 aliphatic rings. The maximum Gasteiger partial charge on any atom is 0.325 e. The second kappa shape index (κ2) is 4.58. The summed E-state index contributed by atoms with van der Waals surface area (Å²) in [5.74, 6) is 0.213. The van der Waals surface area contributed by atoms with Gasteiger partial charge < -0.3 is 15.6 Å². The average Bonchev–Trinajstić information content (AvgIpc) is 2.08. The third-order valence-electron chi connectivity index (χ3n) is 2.55. The number of ether oxygens (including phenoxy) is 1. The first-order valence-corrected chi connectivity index (χ1v) is 4.74. The molecule has 0 aromatic rings. The summed E-state index contributed by atoms with van der Waals surface area (Å²) < 4.78 is 5.05. The third kappa shape index (κ3) is 2.67. The van der Waals surface area contributed by atoms with E-state index < -0.39 is 12.0 Å². The van der Waals surface area contributed by atoms with Crippen molar-refractivity contribution < 1.29 is 14.6 Å². The highest BCUT2D eigenvalue weighted by Crippen LogP contribution is 2.32. The number of aliphatic hydroxyl groups is 1. The molecule has 0 amide bonds. The predicted octanol–water partition coefficient (Wildman–Crippen LogP) is 0.0378. The topological polar surface area (TPSA) is 72.5 Å². The van der Waals surface area contributed by atoms with Gasteiger partial charge >= 0.3 is 5.97 Å². The van der Waals surface area contributed by atoms with E-state index in [9.17, 15) is 4.79 Å². The molecule has 0 heterocycles. The van der Waals surface area contributed by atoms with Crippen LogP contribution in [0.25, 0.3) is 0 Å². The lowest BCUT2D eigenvalue weighted by Crippen LogP contribution is -2.41. The minimum Gasteiger partial charge on any atom is -0.461 e. The Morgan fingerprint density at radius 1 is 1.69 bits per heavy atom. The number of rotatable bonds is 4. The Labute approximate surface area is 78.1 Å². The fraction of sp³-hybridized carbons (Fsp3) is 0.889. The lowest BCUT2D eigenvalue weighted by Gasteiger charge is -2.34. The van der Waals surface area contributed by atoms with Crippen LogP contribution in [0, 0.1) is 5.92 Å². The van der Waals surface area contributed by atoms with Gasteiger partial charge in [0.05, 0.1) is 6.61 Å². The van der Waals surface area contributed by atoms with Gasteiger partial charge in [-0.3, -0.25) is 4.79 Å². The van der Waals surface area contributed by atoms with Crippen molar-refractivity contribution in [3.63, 3.8) is 0 Å². The highest BCUT2D eigenvalue weighted by atomic mass is 16.5. The third-order valence-corrected chi connectivity index (χ3v) is 2.55. The Bertz CT molecular complexity index is 178. The lowest BCUT2D eigenvalue weighted by molar-refractivity contribution is -0.158. The van der Waals surface area contributed by atoms with E-state index in [-0.39, 0.29) is 12.7 Å². The van der Waals surface area contributed by atoms with Crippen LogP contribution in [-0.2, 0) is 9.53 Å². The second-order valence-corrected chi connectivity index (χ2v) is 3.59. The molecule has 0 aromatic carbocycles. The van der Waals surface area contributed by atoms with Crippen LogP contribution in [-0.4, -0.2) is 29.8 Å². The molecule has 76 valence electrons. The van der Waals surface area contributed by atoms with E-state index in [1.54, 1.807) is 0 Å². The van der Waals surface area contributed by atoms with Crippen LogP contribution >= 0.6 is 0 Å². The van der Waals surface area contributed by atoms with Crippen molar-refractivity contribution >= 4 is 5.97 Å². The molecule has 1 rings (SSSR count). The van der Waals surface area contributed by atoms with Crippen LogP contribution in [0.1, 0.15) is 26.2 Å². The molecular weight excluding hydrogens is 170 g/mol. The Balaban J connectivity index is 2.16. The normalized spacial score (nSPS) is 29.2. The summed E-state index contributed by atoms with van der Waals surface area (Å²) in [7, 11) is 0. The maximum atomic E-state index is 11.1. The van der Waals surface area contributed by atoms with Gasteiger partial charge in [-0.25, -0.2) is 0 Å². The molecule has 4 heteroatoms. The van der Waals surface area contributed by atoms with Crippen molar-refractivity contribution in [3.8, 4) is 0 Å². The van der Waals surface area contributed by atoms with Gasteiger partial charge in [0.25, 0.3) is 0 Å². The molecule has 1 unspecified atom stereocenters. The summed E-state index contributed by atoms with van der Waals surface area (Å²) in [5.41, 5.74) is 5.29. The fourth-order valence-electron chi connectivity index (χ4n) is 1.43. The van der Waals surface area contributed by atoms with Crippen molar-refractivity contribution in [3.05, 3.63) is 0 Å². The lowest BCUT2D eigenvalue weighted by atomic mass is 9.80. The Morgan fingerprint density at radius 3 is 2.77 bits per heavy atom. The quantitative estimate of drug-likeness (QED) is 0.609. The zero-order valence-electron chi connectivity index (χ0n) is 7.90. The number of carbonyl (C=O) groups is 1. The van der Waals surface area contributed by atoms with E-state index in [4.69, 9.17) is 15.6 Å². The Morgan fingerprint density at radius 2 is 2.31 bits per heavy atom. The van der Waals surface area contributed by atoms with Gasteiger partial charge in [0.1, 0.15) is 12.1 Å². The van der Waals surface area contributed by atoms with E-state index in [2.05, 4.69) is 6.92 Å². The first-order valence-electron chi connectivity index (χ1n) is 4.74. The average molecular weight is 187 g/mol. The van der Waals surface area contributed by atoms with E-state index >= 15 is 0 Å². The molecule has 0 aliphatic heterocycles. The monoisotopic (exact) mass is 187 g/mol. The largest absolute Gasteiger partial charge is 0.461 e. The molecule has 1 saturated carbocycles. The Kier molecular flexibility index (Phi) is 3.69. The molecule has 4 nitrogen and oxygen atoms in total. The number of carbonyl (C=O) groups excluding carboxylic acids is 1. The molecule has 0 aromatic heterocycles. The van der Waals surface area contributed by atoms with Gasteiger partial charge in [-0.15, -0.1) is 0 Å². The maximum absolute atomic E-state index is 11.1. The van der Waals surface area contributed by atoms with Crippen molar-refractivity contribution in [2.45, 2.75) is 38.3 Å². The van der Waals surface area contributed by atoms with Gasteiger partial charge in [-0.2, -0.15) is 0 Å². The van der Waals surface area contributed by atoms with E-state index in [0.29, 0.717) is 5.92 Å². The zero-order chi connectivity index (χ0) is 9.84. The van der Waals surface area contributed by atoms with Crippen LogP contribution in [0.3, 0.4) is 0 Å². The molecular formula is C9H17NO3. The molecule has 13 heavy (non-hydrogen) atoms. The van der Waals surface area contributed by atoms with Gasteiger partial charge in [0, 0.05) is 0 Å². The highest BCUT2D eigenvalue weighted by molar-refractivity contribution is 5.75. The summed E-state index contributed by atoms with van der Waals surface area (Å²) in [5, 5.41) is 8.58. The molecule has 0 bridgehead atoms. The van der Waals surface area contributed by atoms with Crippen LogP contribution in [0.2, 0.25) is 0 Å². The molecule has 0 saturated heterocycles. The molecule has 1 aliphatic carbocycles. The van der Waals surface area contributed by atoms with Gasteiger partial charge in [-0.1, -0.05) is 13.3 Å². The van der Waals surface area contributed by atoms with Gasteiger partial charge in [-0.05, 0) is 18.8 Å². The van der Waals surface area contributed by atoms with Crippen LogP contribution in [0.5, 0.6) is 0 Å². The number of hydrogen-bond donors (Lipinski definition) is 2. The van der Waals surface area contributed by atoms with E-state index in [0.717, 1.165) is 19.3 Å². The Hall–Kier alpha value is -0.610. The summed E-state index contributed by atoms with van der Waals surface area (Å²) in [6.07, 6.45) is 3.07. The minimum atomic E-state index is -0.874. The van der Waals surface area contributed by atoms with E-state index in [1.165, 1.54) is 0 Å². The fourth-order valence-corrected chi connectivity index (χ4v) is 1.43. The number of esters is 1. The van der Waals surface area contributed by atoms with Gasteiger partial charge in [0.2, 0.25) is 0 Å². The van der Waals surface area contributed by atoms with Crippen LogP contribution < -0.4 is 5.73 Å². The molecule has 1 atom stereocenters. The smallest absolute Gasteiger partial charge is 0.325 e. The SMILES string of the molecule is CCC1CC(OC(=O)C(N)CO)C1.